The molecule has 1 saturated heterocycles. The van der Waals surface area contributed by atoms with Gasteiger partial charge < -0.3 is 14.5 Å². The molecule has 3 aromatic rings. The van der Waals surface area contributed by atoms with Crippen molar-refractivity contribution in [3.63, 3.8) is 0 Å². The summed E-state index contributed by atoms with van der Waals surface area (Å²) >= 11 is 0. The highest BCUT2D eigenvalue weighted by atomic mass is 19.1. The van der Waals surface area contributed by atoms with Gasteiger partial charge in [-0.15, -0.1) is 0 Å². The normalized spacial score (nSPS) is 14.0. The number of ether oxygens (including phenoxy) is 1. The minimum atomic E-state index is -0.406. The Bertz CT molecular complexity index is 1050. The average molecular weight is 406 g/mol. The zero-order valence-corrected chi connectivity index (χ0v) is 17.0. The molecule has 0 N–H and O–H groups in total. The fourth-order valence-corrected chi connectivity index (χ4v) is 3.41. The van der Waals surface area contributed by atoms with Crippen LogP contribution >= 0.6 is 0 Å². The number of rotatable bonds is 4. The average Bonchev–Trinajstić information content (AvgIpc) is 2.74. The lowest BCUT2D eigenvalue weighted by molar-refractivity contribution is 0.0746. The largest absolute Gasteiger partial charge is 0.439 e. The molecule has 1 fully saturated rings. The maximum atomic E-state index is 13.4. The summed E-state index contributed by atoms with van der Waals surface area (Å²) in [6.07, 6.45) is 0. The molecule has 2 aromatic carbocycles. The molecule has 2 heterocycles. The summed E-state index contributed by atoms with van der Waals surface area (Å²) in [6, 6.07) is 15.4. The molecule has 7 heteroatoms. The standard InChI is InChI=1S/C23H23FN4O2/c1-16-6-8-20(9-7-16)30-22-15-21(25-17(2)26-22)27-10-12-28(13-11-27)23(29)18-4-3-5-19(24)14-18/h3-9,14-15H,10-13H2,1-2H3. The first-order valence-electron chi connectivity index (χ1n) is 9.88. The molecule has 0 unspecified atom stereocenters. The highest BCUT2D eigenvalue weighted by Crippen LogP contribution is 2.24. The van der Waals surface area contributed by atoms with Crippen LogP contribution in [0.4, 0.5) is 10.2 Å². The number of nitrogens with zero attached hydrogens (tertiary/aromatic N) is 4. The van der Waals surface area contributed by atoms with Crippen LogP contribution in [0.5, 0.6) is 11.6 Å². The van der Waals surface area contributed by atoms with Crippen LogP contribution in [0.15, 0.2) is 54.6 Å². The maximum Gasteiger partial charge on any atom is 0.254 e. The molecule has 0 bridgehead atoms. The predicted octanol–water partition coefficient (Wildman–Crippen LogP) is 3.99. The van der Waals surface area contributed by atoms with Crippen LogP contribution in [0.25, 0.3) is 0 Å². The molecule has 154 valence electrons. The smallest absolute Gasteiger partial charge is 0.254 e. The van der Waals surface area contributed by atoms with Crippen molar-refractivity contribution in [2.75, 3.05) is 31.1 Å². The van der Waals surface area contributed by atoms with E-state index in [1.54, 1.807) is 17.0 Å². The summed E-state index contributed by atoms with van der Waals surface area (Å²) < 4.78 is 19.3. The second kappa shape index (κ2) is 8.49. The van der Waals surface area contributed by atoms with Gasteiger partial charge in [-0.05, 0) is 44.2 Å². The fourth-order valence-electron chi connectivity index (χ4n) is 3.41. The monoisotopic (exact) mass is 406 g/mol. The Kier molecular flexibility index (Phi) is 5.61. The third-order valence-corrected chi connectivity index (χ3v) is 5.01. The van der Waals surface area contributed by atoms with Gasteiger partial charge in [0, 0.05) is 37.8 Å². The summed E-state index contributed by atoms with van der Waals surface area (Å²) in [7, 11) is 0. The summed E-state index contributed by atoms with van der Waals surface area (Å²) in [5, 5.41) is 0. The van der Waals surface area contributed by atoms with Crippen LogP contribution < -0.4 is 9.64 Å². The van der Waals surface area contributed by atoms with E-state index in [0.29, 0.717) is 43.4 Å². The van der Waals surface area contributed by atoms with Crippen molar-refractivity contribution < 1.29 is 13.9 Å². The van der Waals surface area contributed by atoms with Gasteiger partial charge in [0.1, 0.15) is 23.2 Å². The molecule has 1 aliphatic heterocycles. The first-order valence-corrected chi connectivity index (χ1v) is 9.88. The highest BCUT2D eigenvalue weighted by molar-refractivity contribution is 5.94. The van der Waals surface area contributed by atoms with Gasteiger partial charge >= 0.3 is 0 Å². The summed E-state index contributed by atoms with van der Waals surface area (Å²) in [5.74, 6) is 2.03. The Morgan fingerprint density at radius 1 is 0.967 bits per heavy atom. The van der Waals surface area contributed by atoms with E-state index in [9.17, 15) is 9.18 Å². The Labute approximate surface area is 174 Å². The second-order valence-electron chi connectivity index (χ2n) is 7.32. The van der Waals surface area contributed by atoms with Gasteiger partial charge in [0.05, 0.1) is 0 Å². The number of piperazine rings is 1. The number of carbonyl (C=O) groups excluding carboxylic acids is 1. The third-order valence-electron chi connectivity index (χ3n) is 5.01. The topological polar surface area (TPSA) is 58.6 Å². The van der Waals surface area contributed by atoms with Crippen molar-refractivity contribution in [2.24, 2.45) is 0 Å². The molecular weight excluding hydrogens is 383 g/mol. The van der Waals surface area contributed by atoms with Crippen molar-refractivity contribution in [3.8, 4) is 11.6 Å². The lowest BCUT2D eigenvalue weighted by atomic mass is 10.1. The van der Waals surface area contributed by atoms with E-state index in [1.807, 2.05) is 44.2 Å². The van der Waals surface area contributed by atoms with Gasteiger partial charge in [-0.2, -0.15) is 4.98 Å². The van der Waals surface area contributed by atoms with Crippen LogP contribution in [0, 0.1) is 19.7 Å². The molecule has 1 aliphatic rings. The van der Waals surface area contributed by atoms with Crippen LogP contribution in [-0.4, -0.2) is 47.0 Å². The molecule has 0 radical (unpaired) electrons. The highest BCUT2D eigenvalue weighted by Gasteiger charge is 2.23. The first kappa shape index (κ1) is 19.8. The minimum Gasteiger partial charge on any atom is -0.439 e. The summed E-state index contributed by atoms with van der Waals surface area (Å²) in [5.41, 5.74) is 1.53. The van der Waals surface area contributed by atoms with Crippen molar-refractivity contribution in [1.82, 2.24) is 14.9 Å². The lowest BCUT2D eigenvalue weighted by Gasteiger charge is -2.35. The molecule has 0 spiro atoms. The molecule has 0 saturated carbocycles. The van der Waals surface area contributed by atoms with E-state index < -0.39 is 5.82 Å². The molecule has 6 nitrogen and oxygen atoms in total. The summed E-state index contributed by atoms with van der Waals surface area (Å²) in [6.45, 7) is 6.17. The lowest BCUT2D eigenvalue weighted by Crippen LogP contribution is -2.49. The zero-order chi connectivity index (χ0) is 21.1. The van der Waals surface area contributed by atoms with E-state index >= 15 is 0 Å². The number of anilines is 1. The van der Waals surface area contributed by atoms with Gasteiger partial charge in [-0.1, -0.05) is 23.8 Å². The van der Waals surface area contributed by atoms with Crippen LogP contribution in [0.1, 0.15) is 21.7 Å². The molecule has 30 heavy (non-hydrogen) atoms. The Morgan fingerprint density at radius 3 is 2.40 bits per heavy atom. The fraction of sp³-hybridized carbons (Fsp3) is 0.261. The number of aryl methyl sites for hydroxylation is 2. The third kappa shape index (κ3) is 4.56. The number of carbonyl (C=O) groups is 1. The van der Waals surface area contributed by atoms with E-state index in [-0.39, 0.29) is 5.91 Å². The number of hydrogen-bond acceptors (Lipinski definition) is 5. The predicted molar refractivity (Wildman–Crippen MR) is 113 cm³/mol. The zero-order valence-electron chi connectivity index (χ0n) is 17.0. The van der Waals surface area contributed by atoms with Crippen LogP contribution in [-0.2, 0) is 0 Å². The van der Waals surface area contributed by atoms with Crippen molar-refractivity contribution in [3.05, 3.63) is 77.4 Å². The molecule has 4 rings (SSSR count). The molecule has 1 amide bonds. The van der Waals surface area contributed by atoms with Gasteiger partial charge in [0.15, 0.2) is 0 Å². The van der Waals surface area contributed by atoms with Crippen molar-refractivity contribution in [2.45, 2.75) is 13.8 Å². The minimum absolute atomic E-state index is 0.156. The number of amides is 1. The van der Waals surface area contributed by atoms with Gasteiger partial charge in [0.25, 0.3) is 5.91 Å². The van der Waals surface area contributed by atoms with Crippen molar-refractivity contribution in [1.29, 1.82) is 0 Å². The number of aromatic nitrogens is 2. The second-order valence-corrected chi connectivity index (χ2v) is 7.32. The molecule has 0 atom stereocenters. The number of benzene rings is 2. The van der Waals surface area contributed by atoms with Gasteiger partial charge in [0.2, 0.25) is 5.88 Å². The Hall–Kier alpha value is -3.48. The van der Waals surface area contributed by atoms with E-state index in [4.69, 9.17) is 4.74 Å². The van der Waals surface area contributed by atoms with Crippen LogP contribution in [0.3, 0.4) is 0 Å². The van der Waals surface area contributed by atoms with Crippen LogP contribution in [0.2, 0.25) is 0 Å². The van der Waals surface area contributed by atoms with E-state index in [1.165, 1.54) is 12.1 Å². The first-order chi connectivity index (χ1) is 14.5. The van der Waals surface area contributed by atoms with Gasteiger partial charge in [-0.3, -0.25) is 4.79 Å². The Balaban J connectivity index is 1.43. The SMILES string of the molecule is Cc1ccc(Oc2cc(N3CCN(C(=O)c4cccc(F)c4)CC3)nc(C)n2)cc1. The van der Waals surface area contributed by atoms with Crippen molar-refractivity contribution >= 4 is 11.7 Å². The van der Waals surface area contributed by atoms with E-state index in [2.05, 4.69) is 14.9 Å². The summed E-state index contributed by atoms with van der Waals surface area (Å²) in [4.78, 5) is 25.4. The van der Waals surface area contributed by atoms with Gasteiger partial charge in [-0.25, -0.2) is 9.37 Å². The quantitative estimate of drug-likeness (QED) is 0.656. The molecule has 0 aliphatic carbocycles. The molecule has 1 aromatic heterocycles. The number of halogens is 1. The molecular formula is C23H23FN4O2. The maximum absolute atomic E-state index is 13.4. The Morgan fingerprint density at radius 2 is 1.70 bits per heavy atom. The number of hydrogen-bond donors (Lipinski definition) is 0. The van der Waals surface area contributed by atoms with E-state index in [0.717, 1.165) is 17.1 Å².